The standard InChI is InChI=1S/C10H12N2O3S/c13-10-9(11-3-4-12-10)7-8-1-5-16(14,15)6-2-8/h3-4,7H,1-2,5-6H2,(H,12,13). The number of sulfone groups is 1. The summed E-state index contributed by atoms with van der Waals surface area (Å²) in [7, 11) is -2.87. The van der Waals surface area contributed by atoms with Crippen molar-refractivity contribution in [2.75, 3.05) is 11.5 Å². The van der Waals surface area contributed by atoms with Gasteiger partial charge in [0.15, 0.2) is 9.84 Å². The van der Waals surface area contributed by atoms with Crippen molar-refractivity contribution in [1.29, 1.82) is 0 Å². The van der Waals surface area contributed by atoms with E-state index < -0.39 is 9.84 Å². The Labute approximate surface area is 93.2 Å². The normalized spacial score (nSPS) is 19.4. The zero-order chi connectivity index (χ0) is 11.6. The van der Waals surface area contributed by atoms with Gasteiger partial charge in [-0.05, 0) is 18.9 Å². The van der Waals surface area contributed by atoms with Gasteiger partial charge in [-0.25, -0.2) is 13.4 Å². The Kier molecular flexibility index (Phi) is 2.91. The summed E-state index contributed by atoms with van der Waals surface area (Å²) < 4.78 is 22.4. The summed E-state index contributed by atoms with van der Waals surface area (Å²) in [5.41, 5.74) is 1.07. The van der Waals surface area contributed by atoms with E-state index >= 15 is 0 Å². The molecule has 2 heterocycles. The van der Waals surface area contributed by atoms with Crippen LogP contribution in [-0.4, -0.2) is 29.9 Å². The van der Waals surface area contributed by atoms with Crippen molar-refractivity contribution < 1.29 is 8.42 Å². The van der Waals surface area contributed by atoms with Crippen LogP contribution in [0.2, 0.25) is 0 Å². The topological polar surface area (TPSA) is 79.9 Å². The van der Waals surface area contributed by atoms with Gasteiger partial charge in [0.05, 0.1) is 11.5 Å². The number of nitrogens with one attached hydrogen (secondary N) is 1. The first-order chi connectivity index (χ1) is 7.57. The second kappa shape index (κ2) is 4.21. The van der Waals surface area contributed by atoms with E-state index in [1.54, 1.807) is 6.08 Å². The number of H-pyrrole nitrogens is 1. The van der Waals surface area contributed by atoms with E-state index in [-0.39, 0.29) is 17.1 Å². The van der Waals surface area contributed by atoms with Gasteiger partial charge in [0.25, 0.3) is 5.56 Å². The third-order valence-corrected chi connectivity index (χ3v) is 4.20. The molecule has 1 saturated heterocycles. The summed E-state index contributed by atoms with van der Waals surface area (Å²) in [5, 5.41) is 0. The molecule has 0 amide bonds. The van der Waals surface area contributed by atoms with E-state index in [0.29, 0.717) is 18.5 Å². The van der Waals surface area contributed by atoms with Gasteiger partial charge in [-0.15, -0.1) is 0 Å². The van der Waals surface area contributed by atoms with Gasteiger partial charge in [-0.2, -0.15) is 0 Å². The van der Waals surface area contributed by atoms with Gasteiger partial charge >= 0.3 is 0 Å². The van der Waals surface area contributed by atoms with Crippen LogP contribution in [0.15, 0.2) is 22.8 Å². The molecule has 0 atom stereocenters. The monoisotopic (exact) mass is 240 g/mol. The predicted molar refractivity (Wildman–Crippen MR) is 60.7 cm³/mol. The lowest BCUT2D eigenvalue weighted by atomic mass is 10.1. The van der Waals surface area contributed by atoms with E-state index in [9.17, 15) is 13.2 Å². The largest absolute Gasteiger partial charge is 0.326 e. The number of allylic oxidation sites excluding steroid dienone is 1. The van der Waals surface area contributed by atoms with Crippen molar-refractivity contribution in [1.82, 2.24) is 9.97 Å². The fourth-order valence-electron chi connectivity index (χ4n) is 1.60. The lowest BCUT2D eigenvalue weighted by Gasteiger charge is -2.13. The molecule has 1 aromatic heterocycles. The second-order valence-electron chi connectivity index (χ2n) is 3.76. The first-order valence-corrected chi connectivity index (χ1v) is 6.82. The summed E-state index contributed by atoms with van der Waals surface area (Å²) in [6.07, 6.45) is 5.66. The molecular formula is C10H12N2O3S. The molecule has 0 unspecified atom stereocenters. The van der Waals surface area contributed by atoms with Gasteiger partial charge in [0.2, 0.25) is 0 Å². The molecule has 1 aromatic rings. The highest BCUT2D eigenvalue weighted by Crippen LogP contribution is 2.19. The molecular weight excluding hydrogens is 228 g/mol. The molecule has 0 aromatic carbocycles. The van der Waals surface area contributed by atoms with Crippen LogP contribution in [0.1, 0.15) is 18.5 Å². The van der Waals surface area contributed by atoms with Crippen LogP contribution in [0, 0.1) is 0 Å². The molecule has 6 heteroatoms. The number of rotatable bonds is 1. The summed E-state index contributed by atoms with van der Waals surface area (Å²) >= 11 is 0. The van der Waals surface area contributed by atoms with Crippen molar-refractivity contribution in [3.8, 4) is 0 Å². The van der Waals surface area contributed by atoms with Crippen molar-refractivity contribution in [3.05, 3.63) is 34.0 Å². The maximum Gasteiger partial charge on any atom is 0.273 e. The van der Waals surface area contributed by atoms with E-state index in [1.807, 2.05) is 0 Å². The Bertz CT molecular complexity index is 556. The highest BCUT2D eigenvalue weighted by molar-refractivity contribution is 7.91. The van der Waals surface area contributed by atoms with Gasteiger partial charge in [-0.3, -0.25) is 4.79 Å². The molecule has 2 rings (SSSR count). The first kappa shape index (κ1) is 11.1. The molecule has 0 spiro atoms. The third kappa shape index (κ3) is 2.57. The van der Waals surface area contributed by atoms with Crippen LogP contribution >= 0.6 is 0 Å². The maximum atomic E-state index is 11.3. The molecule has 5 nitrogen and oxygen atoms in total. The van der Waals surface area contributed by atoms with Crippen LogP contribution in [-0.2, 0) is 9.84 Å². The summed E-state index contributed by atoms with van der Waals surface area (Å²) in [5.74, 6) is 0.340. The number of aromatic amines is 1. The molecule has 16 heavy (non-hydrogen) atoms. The van der Waals surface area contributed by atoms with E-state index in [1.165, 1.54) is 12.4 Å². The molecule has 1 N–H and O–H groups in total. The minimum atomic E-state index is -2.87. The molecule has 0 radical (unpaired) electrons. The number of aromatic nitrogens is 2. The third-order valence-electron chi connectivity index (χ3n) is 2.54. The number of nitrogens with zero attached hydrogens (tertiary/aromatic N) is 1. The summed E-state index contributed by atoms with van der Waals surface area (Å²) in [6.45, 7) is 0. The lowest BCUT2D eigenvalue weighted by molar-refractivity contribution is 0.589. The van der Waals surface area contributed by atoms with E-state index in [2.05, 4.69) is 9.97 Å². The van der Waals surface area contributed by atoms with Crippen LogP contribution in [0.3, 0.4) is 0 Å². The highest BCUT2D eigenvalue weighted by atomic mass is 32.2. The molecule has 1 aliphatic rings. The fraction of sp³-hybridized carbons (Fsp3) is 0.400. The van der Waals surface area contributed by atoms with Crippen molar-refractivity contribution in [2.45, 2.75) is 12.8 Å². The Morgan fingerprint density at radius 2 is 2.00 bits per heavy atom. The van der Waals surface area contributed by atoms with E-state index in [0.717, 1.165) is 5.57 Å². The average Bonchev–Trinajstić information content (AvgIpc) is 2.24. The minimum absolute atomic E-state index is 0.170. The van der Waals surface area contributed by atoms with Crippen LogP contribution < -0.4 is 5.56 Å². The molecule has 0 saturated carbocycles. The Balaban J connectivity index is 2.22. The molecule has 1 aliphatic heterocycles. The zero-order valence-corrected chi connectivity index (χ0v) is 9.46. The van der Waals surface area contributed by atoms with E-state index in [4.69, 9.17) is 0 Å². The quantitative estimate of drug-likeness (QED) is 0.768. The van der Waals surface area contributed by atoms with Crippen molar-refractivity contribution >= 4 is 15.9 Å². The van der Waals surface area contributed by atoms with Crippen LogP contribution in [0.25, 0.3) is 6.08 Å². The second-order valence-corrected chi connectivity index (χ2v) is 6.06. The smallest absolute Gasteiger partial charge is 0.273 e. The van der Waals surface area contributed by atoms with Gasteiger partial charge in [-0.1, -0.05) is 5.57 Å². The van der Waals surface area contributed by atoms with Crippen molar-refractivity contribution in [2.24, 2.45) is 0 Å². The minimum Gasteiger partial charge on any atom is -0.326 e. The Morgan fingerprint density at radius 1 is 1.31 bits per heavy atom. The molecule has 86 valence electrons. The van der Waals surface area contributed by atoms with Crippen LogP contribution in [0.4, 0.5) is 0 Å². The molecule has 0 aliphatic carbocycles. The molecule has 0 bridgehead atoms. The maximum absolute atomic E-state index is 11.3. The van der Waals surface area contributed by atoms with Gasteiger partial charge < -0.3 is 4.98 Å². The average molecular weight is 240 g/mol. The SMILES string of the molecule is O=c1[nH]ccnc1C=C1CCS(=O)(=O)CC1. The predicted octanol–water partition coefficient (Wildman–Crippen LogP) is 0.362. The molecule has 1 fully saturated rings. The van der Waals surface area contributed by atoms with Crippen LogP contribution in [0.5, 0.6) is 0 Å². The van der Waals surface area contributed by atoms with Crippen molar-refractivity contribution in [3.63, 3.8) is 0 Å². The number of hydrogen-bond donors (Lipinski definition) is 1. The Hall–Kier alpha value is -1.43. The van der Waals surface area contributed by atoms with Gasteiger partial charge in [0, 0.05) is 12.4 Å². The lowest BCUT2D eigenvalue weighted by Crippen LogP contribution is -2.18. The Morgan fingerprint density at radius 3 is 2.62 bits per heavy atom. The summed E-state index contributed by atoms with van der Waals surface area (Å²) in [6, 6.07) is 0. The number of hydrogen-bond acceptors (Lipinski definition) is 4. The fourth-order valence-corrected chi connectivity index (χ4v) is 2.95. The highest BCUT2D eigenvalue weighted by Gasteiger charge is 2.18. The summed E-state index contributed by atoms with van der Waals surface area (Å²) in [4.78, 5) is 17.8. The zero-order valence-electron chi connectivity index (χ0n) is 8.64. The van der Waals surface area contributed by atoms with Gasteiger partial charge in [0.1, 0.15) is 5.69 Å². The first-order valence-electron chi connectivity index (χ1n) is 5.00.